The van der Waals surface area contributed by atoms with Crippen LogP contribution in [0.25, 0.3) is 0 Å². The van der Waals surface area contributed by atoms with Crippen molar-refractivity contribution in [2.24, 2.45) is 17.8 Å². The number of rotatable bonds is 8. The molecule has 1 aromatic carbocycles. The first-order chi connectivity index (χ1) is 13.9. The Labute approximate surface area is 172 Å². The second-order valence-corrected chi connectivity index (χ2v) is 9.07. The van der Waals surface area contributed by atoms with E-state index < -0.39 is 12.5 Å². The highest BCUT2D eigenvalue weighted by Gasteiger charge is 2.44. The lowest BCUT2D eigenvalue weighted by Gasteiger charge is -2.38. The lowest BCUT2D eigenvalue weighted by atomic mass is 9.68. The van der Waals surface area contributed by atoms with Gasteiger partial charge in [-0.3, -0.25) is 0 Å². The lowest BCUT2D eigenvalue weighted by molar-refractivity contribution is -0.253. The maximum Gasteiger partial charge on any atom is 0.461 e. The summed E-state index contributed by atoms with van der Waals surface area (Å²) in [6.07, 6.45) is 6.05. The molecule has 0 radical (unpaired) electrons. The lowest BCUT2D eigenvalue weighted by Crippen LogP contribution is -2.33. The second kappa shape index (κ2) is 10.2. The van der Waals surface area contributed by atoms with Crippen molar-refractivity contribution in [2.75, 3.05) is 0 Å². The summed E-state index contributed by atoms with van der Waals surface area (Å²) in [6.45, 7) is 2.27. The van der Waals surface area contributed by atoms with Crippen LogP contribution in [0.15, 0.2) is 24.3 Å². The Bertz CT molecular complexity index is 600. The van der Waals surface area contributed by atoms with Crippen LogP contribution in [0.1, 0.15) is 89.0 Å². The van der Waals surface area contributed by atoms with Crippen LogP contribution in [-0.2, 0) is 0 Å². The third-order valence-electron chi connectivity index (χ3n) is 7.16. The van der Waals surface area contributed by atoms with Crippen molar-refractivity contribution in [3.05, 3.63) is 29.8 Å². The fraction of sp³-hybridized carbons (Fsp3) is 0.750. The van der Waals surface area contributed by atoms with E-state index >= 15 is 0 Å². The normalized spacial score (nSPS) is 28.5. The molecule has 0 N–H and O–H groups in total. The van der Waals surface area contributed by atoms with Gasteiger partial charge in [0.15, 0.2) is 0 Å². The molecule has 2 saturated carbocycles. The number of ether oxygens (including phenoxy) is 1. The van der Waals surface area contributed by atoms with Gasteiger partial charge in [0.1, 0.15) is 5.75 Å². The van der Waals surface area contributed by atoms with Crippen molar-refractivity contribution in [3.8, 4) is 5.75 Å². The van der Waals surface area contributed by atoms with Crippen LogP contribution in [0, 0.1) is 17.8 Å². The first-order valence-corrected chi connectivity index (χ1v) is 11.3. The van der Waals surface area contributed by atoms with E-state index in [0.29, 0.717) is 5.92 Å². The zero-order valence-electron chi connectivity index (χ0n) is 17.4. The SMILES string of the molecule is CCCC[C@H]1CC[C@H](C2CCC(c3ccc(OC(F)(F)C(F)F)cc3)CC2)CC1. The van der Waals surface area contributed by atoms with Gasteiger partial charge in [-0.25, -0.2) is 0 Å². The van der Waals surface area contributed by atoms with E-state index in [-0.39, 0.29) is 5.75 Å². The van der Waals surface area contributed by atoms with Crippen LogP contribution in [0.5, 0.6) is 5.75 Å². The predicted octanol–water partition coefficient (Wildman–Crippen LogP) is 8.19. The largest absolute Gasteiger partial charge is 0.461 e. The fourth-order valence-electron chi connectivity index (χ4n) is 5.37. The highest BCUT2D eigenvalue weighted by atomic mass is 19.3. The number of halogens is 4. The van der Waals surface area contributed by atoms with Gasteiger partial charge in [0.25, 0.3) is 0 Å². The second-order valence-electron chi connectivity index (χ2n) is 9.07. The Morgan fingerprint density at radius 1 is 0.897 bits per heavy atom. The molecule has 0 aromatic heterocycles. The topological polar surface area (TPSA) is 9.23 Å². The fourth-order valence-corrected chi connectivity index (χ4v) is 5.37. The molecule has 3 rings (SSSR count). The van der Waals surface area contributed by atoms with E-state index in [1.807, 2.05) is 0 Å². The zero-order chi connectivity index (χ0) is 20.9. The number of hydrogen-bond donors (Lipinski definition) is 0. The number of hydrogen-bond acceptors (Lipinski definition) is 1. The van der Waals surface area contributed by atoms with E-state index in [4.69, 9.17) is 0 Å². The molecule has 1 nitrogen and oxygen atoms in total. The van der Waals surface area contributed by atoms with Crippen LogP contribution < -0.4 is 4.74 Å². The number of alkyl halides is 4. The standard InChI is InChI=1S/C24H34F4O/c1-2-3-4-17-5-7-18(8-6-17)19-9-11-20(12-10-19)21-13-15-22(16-14-21)29-24(27,28)23(25)26/h13-20,23H,2-12H2,1H3/t17-,18-,19?,20?. The van der Waals surface area contributed by atoms with Crippen molar-refractivity contribution in [1.29, 1.82) is 0 Å². The first kappa shape index (κ1) is 22.4. The smallest absolute Gasteiger partial charge is 0.428 e. The van der Waals surface area contributed by atoms with E-state index in [1.165, 1.54) is 69.9 Å². The Balaban J connectivity index is 1.45. The molecule has 0 aliphatic heterocycles. The molecule has 2 aliphatic rings. The summed E-state index contributed by atoms with van der Waals surface area (Å²) < 4.78 is 54.7. The van der Waals surface area contributed by atoms with Crippen molar-refractivity contribution in [2.45, 2.75) is 96.0 Å². The molecular formula is C24H34F4O. The average Bonchev–Trinajstić information content (AvgIpc) is 2.73. The van der Waals surface area contributed by atoms with Crippen LogP contribution in [0.3, 0.4) is 0 Å². The maximum atomic E-state index is 13.0. The van der Waals surface area contributed by atoms with Gasteiger partial charge in [-0.2, -0.15) is 17.6 Å². The highest BCUT2D eigenvalue weighted by molar-refractivity contribution is 5.30. The number of benzene rings is 1. The Morgan fingerprint density at radius 3 is 1.97 bits per heavy atom. The molecule has 5 heteroatoms. The van der Waals surface area contributed by atoms with Crippen molar-refractivity contribution in [1.82, 2.24) is 0 Å². The van der Waals surface area contributed by atoms with Crippen LogP contribution >= 0.6 is 0 Å². The third-order valence-corrected chi connectivity index (χ3v) is 7.16. The van der Waals surface area contributed by atoms with Crippen LogP contribution in [0.2, 0.25) is 0 Å². The minimum Gasteiger partial charge on any atom is -0.428 e. The maximum absolute atomic E-state index is 13.0. The van der Waals surface area contributed by atoms with Gasteiger partial charge >= 0.3 is 12.5 Å². The van der Waals surface area contributed by atoms with E-state index in [1.54, 1.807) is 12.1 Å². The highest BCUT2D eigenvalue weighted by Crippen LogP contribution is 2.44. The molecule has 0 saturated heterocycles. The molecule has 0 heterocycles. The van der Waals surface area contributed by atoms with E-state index in [2.05, 4.69) is 11.7 Å². The predicted molar refractivity (Wildman–Crippen MR) is 108 cm³/mol. The minimum atomic E-state index is -4.45. The summed E-state index contributed by atoms with van der Waals surface area (Å²) >= 11 is 0. The van der Waals surface area contributed by atoms with Gasteiger partial charge in [0, 0.05) is 0 Å². The molecule has 0 unspecified atom stereocenters. The molecule has 0 spiro atoms. The Kier molecular flexibility index (Phi) is 7.86. The minimum absolute atomic E-state index is 0.215. The summed E-state index contributed by atoms with van der Waals surface area (Å²) in [5.74, 6) is 2.86. The van der Waals surface area contributed by atoms with Crippen LogP contribution in [-0.4, -0.2) is 12.5 Å². The van der Waals surface area contributed by atoms with Gasteiger partial charge in [-0.1, -0.05) is 51.2 Å². The summed E-state index contributed by atoms with van der Waals surface area (Å²) in [4.78, 5) is 0. The summed E-state index contributed by atoms with van der Waals surface area (Å²) in [5.41, 5.74) is 1.10. The molecule has 2 fully saturated rings. The van der Waals surface area contributed by atoms with Gasteiger partial charge < -0.3 is 4.74 Å². The summed E-state index contributed by atoms with van der Waals surface area (Å²) in [6, 6.07) is 6.27. The molecule has 1 aromatic rings. The van der Waals surface area contributed by atoms with E-state index in [0.717, 1.165) is 36.2 Å². The first-order valence-electron chi connectivity index (χ1n) is 11.3. The van der Waals surface area contributed by atoms with Gasteiger partial charge in [-0.15, -0.1) is 0 Å². The molecule has 0 atom stereocenters. The average molecular weight is 415 g/mol. The molecule has 29 heavy (non-hydrogen) atoms. The Morgan fingerprint density at radius 2 is 1.45 bits per heavy atom. The quantitative estimate of drug-likeness (QED) is 0.390. The van der Waals surface area contributed by atoms with Crippen LogP contribution in [0.4, 0.5) is 17.6 Å². The van der Waals surface area contributed by atoms with Crippen molar-refractivity contribution in [3.63, 3.8) is 0 Å². The number of unbranched alkanes of at least 4 members (excludes halogenated alkanes) is 1. The monoisotopic (exact) mass is 414 g/mol. The molecular weight excluding hydrogens is 380 g/mol. The van der Waals surface area contributed by atoms with E-state index in [9.17, 15) is 17.6 Å². The van der Waals surface area contributed by atoms with Gasteiger partial charge in [-0.05, 0) is 79.9 Å². The summed E-state index contributed by atoms with van der Waals surface area (Å²) in [5, 5.41) is 0. The van der Waals surface area contributed by atoms with Gasteiger partial charge in [0.05, 0.1) is 0 Å². The summed E-state index contributed by atoms with van der Waals surface area (Å²) in [7, 11) is 0. The molecule has 164 valence electrons. The van der Waals surface area contributed by atoms with Gasteiger partial charge in [0.2, 0.25) is 0 Å². The van der Waals surface area contributed by atoms with Crippen molar-refractivity contribution < 1.29 is 22.3 Å². The Hall–Kier alpha value is -1.26. The molecule has 2 aliphatic carbocycles. The molecule has 0 bridgehead atoms. The van der Waals surface area contributed by atoms with Crippen molar-refractivity contribution >= 4 is 0 Å². The zero-order valence-corrected chi connectivity index (χ0v) is 17.4. The third kappa shape index (κ3) is 6.11. The molecule has 0 amide bonds.